The molecule has 0 unspecified atom stereocenters. The molecule has 1 amide bonds. The predicted molar refractivity (Wildman–Crippen MR) is 91.6 cm³/mol. The lowest BCUT2D eigenvalue weighted by molar-refractivity contribution is -0.897. The summed E-state index contributed by atoms with van der Waals surface area (Å²) in [5, 5.41) is 1.29. The van der Waals surface area contributed by atoms with Gasteiger partial charge in [-0.2, -0.15) is 0 Å². The van der Waals surface area contributed by atoms with Crippen molar-refractivity contribution < 1.29 is 9.69 Å². The zero-order chi connectivity index (χ0) is 15.8. The Morgan fingerprint density at radius 3 is 2.91 bits per heavy atom. The summed E-state index contributed by atoms with van der Waals surface area (Å²) in [7, 11) is 0. The first kappa shape index (κ1) is 14.8. The molecule has 0 radical (unpaired) electrons. The van der Waals surface area contributed by atoms with E-state index >= 15 is 0 Å². The summed E-state index contributed by atoms with van der Waals surface area (Å²) in [5.41, 5.74) is 5.13. The standard InChI is InChI=1S/C19H25N3O/c1-14-5-6-17-15(11-14)16-12-22(10-7-18(16)20-17)19(23)13-21-8-3-2-4-9-21/h5-6,11,20H,2-4,7-10,12-13H2,1H3/p+1. The van der Waals surface area contributed by atoms with Gasteiger partial charge >= 0.3 is 0 Å². The van der Waals surface area contributed by atoms with Crippen molar-refractivity contribution in [2.24, 2.45) is 0 Å². The lowest BCUT2D eigenvalue weighted by Gasteiger charge is -2.30. The zero-order valence-electron chi connectivity index (χ0n) is 14.0. The van der Waals surface area contributed by atoms with Gasteiger partial charge in [0.1, 0.15) is 0 Å². The monoisotopic (exact) mass is 312 g/mol. The first-order chi connectivity index (χ1) is 11.2. The number of carbonyl (C=O) groups excluding carboxylic acids is 1. The Morgan fingerprint density at radius 2 is 2.09 bits per heavy atom. The van der Waals surface area contributed by atoms with Crippen LogP contribution in [0.5, 0.6) is 0 Å². The van der Waals surface area contributed by atoms with E-state index in [1.165, 1.54) is 51.9 Å². The van der Waals surface area contributed by atoms with Crippen LogP contribution in [0.25, 0.3) is 10.9 Å². The second-order valence-corrected chi connectivity index (χ2v) is 7.18. The van der Waals surface area contributed by atoms with Gasteiger partial charge in [0.2, 0.25) is 0 Å². The van der Waals surface area contributed by atoms with Gasteiger partial charge in [-0.1, -0.05) is 11.6 Å². The van der Waals surface area contributed by atoms with Crippen molar-refractivity contribution >= 4 is 16.8 Å². The number of H-pyrrole nitrogens is 1. The van der Waals surface area contributed by atoms with Crippen LogP contribution in [0, 0.1) is 6.92 Å². The molecule has 2 N–H and O–H groups in total. The normalized spacial score (nSPS) is 19.1. The summed E-state index contributed by atoms with van der Waals surface area (Å²) in [4.78, 5) is 19.8. The number of aromatic nitrogens is 1. The smallest absolute Gasteiger partial charge is 0.278 e. The minimum absolute atomic E-state index is 0.328. The minimum Gasteiger partial charge on any atom is -0.358 e. The van der Waals surface area contributed by atoms with Crippen LogP contribution in [0.15, 0.2) is 18.2 Å². The SMILES string of the molecule is Cc1ccc2[nH]c3c(c2c1)CN(C(=O)C[NH+]1CCCCC1)CC3. The Morgan fingerprint density at radius 1 is 1.26 bits per heavy atom. The second kappa shape index (κ2) is 6.00. The van der Waals surface area contributed by atoms with Gasteiger partial charge in [-0.3, -0.25) is 4.79 Å². The molecule has 0 aliphatic carbocycles. The predicted octanol–water partition coefficient (Wildman–Crippen LogP) is 1.43. The number of carbonyl (C=O) groups is 1. The molecule has 4 heteroatoms. The molecule has 1 fully saturated rings. The van der Waals surface area contributed by atoms with E-state index in [2.05, 4.69) is 35.0 Å². The number of rotatable bonds is 2. The quantitative estimate of drug-likeness (QED) is 0.865. The number of aromatic amines is 1. The maximum atomic E-state index is 12.7. The van der Waals surface area contributed by atoms with Crippen molar-refractivity contribution in [3.8, 4) is 0 Å². The van der Waals surface area contributed by atoms with Crippen LogP contribution in [0.2, 0.25) is 0 Å². The van der Waals surface area contributed by atoms with Gasteiger partial charge in [-0.15, -0.1) is 0 Å². The fraction of sp³-hybridized carbons (Fsp3) is 0.526. The molecule has 2 aromatic rings. The molecule has 3 heterocycles. The van der Waals surface area contributed by atoms with E-state index in [1.54, 1.807) is 0 Å². The van der Waals surface area contributed by atoms with E-state index in [9.17, 15) is 4.79 Å². The third-order valence-electron chi connectivity index (χ3n) is 5.45. The largest absolute Gasteiger partial charge is 0.358 e. The van der Waals surface area contributed by atoms with E-state index in [-0.39, 0.29) is 0 Å². The molecule has 0 saturated carbocycles. The molecular weight excluding hydrogens is 286 g/mol. The van der Waals surface area contributed by atoms with Gasteiger partial charge in [0.25, 0.3) is 5.91 Å². The number of quaternary nitrogens is 1. The van der Waals surface area contributed by atoms with Crippen molar-refractivity contribution in [3.63, 3.8) is 0 Å². The molecule has 122 valence electrons. The number of aryl methyl sites for hydroxylation is 1. The van der Waals surface area contributed by atoms with E-state index in [0.29, 0.717) is 12.5 Å². The number of hydrogen-bond acceptors (Lipinski definition) is 1. The fourth-order valence-electron chi connectivity index (χ4n) is 4.10. The first-order valence-electron chi connectivity index (χ1n) is 8.92. The Balaban J connectivity index is 1.52. The first-order valence-corrected chi connectivity index (χ1v) is 8.92. The minimum atomic E-state index is 0.328. The Bertz CT molecular complexity index is 728. The second-order valence-electron chi connectivity index (χ2n) is 7.18. The summed E-state index contributed by atoms with van der Waals surface area (Å²) in [6, 6.07) is 6.55. The molecule has 0 spiro atoms. The third-order valence-corrected chi connectivity index (χ3v) is 5.45. The van der Waals surface area contributed by atoms with Crippen molar-refractivity contribution in [3.05, 3.63) is 35.0 Å². The van der Waals surface area contributed by atoms with E-state index in [0.717, 1.165) is 32.6 Å². The Labute approximate surface area is 137 Å². The Hall–Kier alpha value is -1.81. The highest BCUT2D eigenvalue weighted by Gasteiger charge is 2.27. The molecule has 4 nitrogen and oxygen atoms in total. The van der Waals surface area contributed by atoms with Gasteiger partial charge in [0, 0.05) is 41.7 Å². The van der Waals surface area contributed by atoms with Crippen LogP contribution < -0.4 is 4.90 Å². The molecule has 0 bridgehead atoms. The molecule has 0 atom stereocenters. The average Bonchev–Trinajstić information content (AvgIpc) is 2.93. The summed E-state index contributed by atoms with van der Waals surface area (Å²) >= 11 is 0. The van der Waals surface area contributed by atoms with E-state index in [1.807, 2.05) is 0 Å². The van der Waals surface area contributed by atoms with Crippen LogP contribution in [-0.4, -0.2) is 42.0 Å². The molecule has 4 rings (SSSR count). The summed E-state index contributed by atoms with van der Waals surface area (Å²) in [6.07, 6.45) is 4.83. The van der Waals surface area contributed by atoms with Gasteiger partial charge in [0.05, 0.1) is 13.1 Å². The van der Waals surface area contributed by atoms with Crippen LogP contribution >= 0.6 is 0 Å². The van der Waals surface area contributed by atoms with Gasteiger partial charge in [0.15, 0.2) is 6.54 Å². The van der Waals surface area contributed by atoms with Gasteiger partial charge in [-0.25, -0.2) is 0 Å². The molecule has 2 aliphatic rings. The van der Waals surface area contributed by atoms with Crippen molar-refractivity contribution in [1.82, 2.24) is 9.88 Å². The molecule has 1 aromatic carbocycles. The number of likely N-dealkylation sites (tertiary alicyclic amines) is 1. The molecule has 2 aliphatic heterocycles. The number of piperidine rings is 1. The highest BCUT2D eigenvalue weighted by molar-refractivity contribution is 5.86. The number of fused-ring (bicyclic) bond motifs is 3. The van der Waals surface area contributed by atoms with Crippen molar-refractivity contribution in [1.29, 1.82) is 0 Å². The van der Waals surface area contributed by atoms with Crippen LogP contribution in [-0.2, 0) is 17.8 Å². The number of amides is 1. The van der Waals surface area contributed by atoms with Gasteiger partial charge in [-0.05, 0) is 38.3 Å². The highest BCUT2D eigenvalue weighted by Crippen LogP contribution is 2.28. The number of nitrogens with zero attached hydrogens (tertiary/aromatic N) is 1. The fourth-order valence-corrected chi connectivity index (χ4v) is 4.10. The third kappa shape index (κ3) is 2.88. The Kier molecular flexibility index (Phi) is 3.85. The number of hydrogen-bond donors (Lipinski definition) is 2. The lowest BCUT2D eigenvalue weighted by Crippen LogP contribution is -3.13. The lowest BCUT2D eigenvalue weighted by atomic mass is 10.0. The molecular formula is C19H26N3O+. The molecule has 1 aromatic heterocycles. The van der Waals surface area contributed by atoms with Crippen LogP contribution in [0.1, 0.15) is 36.1 Å². The summed E-state index contributed by atoms with van der Waals surface area (Å²) in [6.45, 7) is 6.76. The van der Waals surface area contributed by atoms with E-state index in [4.69, 9.17) is 0 Å². The van der Waals surface area contributed by atoms with E-state index < -0.39 is 0 Å². The number of nitrogens with one attached hydrogen (secondary N) is 2. The molecule has 23 heavy (non-hydrogen) atoms. The summed E-state index contributed by atoms with van der Waals surface area (Å²) < 4.78 is 0. The summed E-state index contributed by atoms with van der Waals surface area (Å²) in [5.74, 6) is 0.328. The van der Waals surface area contributed by atoms with Crippen LogP contribution in [0.3, 0.4) is 0 Å². The maximum absolute atomic E-state index is 12.7. The topological polar surface area (TPSA) is 40.5 Å². The maximum Gasteiger partial charge on any atom is 0.278 e. The number of benzene rings is 1. The molecule has 1 saturated heterocycles. The average molecular weight is 312 g/mol. The van der Waals surface area contributed by atoms with Crippen LogP contribution in [0.4, 0.5) is 0 Å². The zero-order valence-corrected chi connectivity index (χ0v) is 14.0. The van der Waals surface area contributed by atoms with Crippen molar-refractivity contribution in [2.45, 2.75) is 39.2 Å². The van der Waals surface area contributed by atoms with Crippen molar-refractivity contribution in [2.75, 3.05) is 26.2 Å². The van der Waals surface area contributed by atoms with Gasteiger partial charge < -0.3 is 14.8 Å². The highest BCUT2D eigenvalue weighted by atomic mass is 16.2.